The van der Waals surface area contributed by atoms with E-state index in [9.17, 15) is 4.39 Å². The molecule has 2 N–H and O–H groups in total. The number of anilines is 1. The fraction of sp³-hybridized carbons (Fsp3) is 0.588. The number of guanidine groups is 1. The molecule has 1 saturated carbocycles. The number of hydrogen-bond donors (Lipinski definition) is 2. The fourth-order valence-corrected chi connectivity index (χ4v) is 3.11. The SMILES string of the molecule is CN=C(NC1CCC1)NC1CCCN(c2cccc(F)c2)C1.I. The third-order valence-electron chi connectivity index (χ3n) is 4.61. The van der Waals surface area contributed by atoms with Crippen LogP contribution in [0.1, 0.15) is 32.1 Å². The predicted octanol–water partition coefficient (Wildman–Crippen LogP) is 3.13. The van der Waals surface area contributed by atoms with E-state index in [4.69, 9.17) is 0 Å². The molecule has 23 heavy (non-hydrogen) atoms. The van der Waals surface area contributed by atoms with Crippen molar-refractivity contribution in [3.8, 4) is 0 Å². The monoisotopic (exact) mass is 432 g/mol. The van der Waals surface area contributed by atoms with Gasteiger partial charge in [0, 0.05) is 37.9 Å². The summed E-state index contributed by atoms with van der Waals surface area (Å²) in [6.07, 6.45) is 6.01. The molecule has 4 nitrogen and oxygen atoms in total. The number of nitrogens with one attached hydrogen (secondary N) is 2. The minimum absolute atomic E-state index is 0. The van der Waals surface area contributed by atoms with Crippen molar-refractivity contribution in [3.63, 3.8) is 0 Å². The van der Waals surface area contributed by atoms with Gasteiger partial charge in [0.25, 0.3) is 0 Å². The second-order valence-corrected chi connectivity index (χ2v) is 6.25. The molecule has 1 aliphatic carbocycles. The van der Waals surface area contributed by atoms with Gasteiger partial charge in [-0.1, -0.05) is 6.07 Å². The van der Waals surface area contributed by atoms with Crippen LogP contribution in [0, 0.1) is 5.82 Å². The minimum atomic E-state index is -0.171. The second-order valence-electron chi connectivity index (χ2n) is 6.25. The fourth-order valence-electron chi connectivity index (χ4n) is 3.11. The van der Waals surface area contributed by atoms with Crippen molar-refractivity contribution in [3.05, 3.63) is 30.1 Å². The summed E-state index contributed by atoms with van der Waals surface area (Å²) in [6.45, 7) is 1.87. The first-order valence-electron chi connectivity index (χ1n) is 8.25. The summed E-state index contributed by atoms with van der Waals surface area (Å²) >= 11 is 0. The van der Waals surface area contributed by atoms with Crippen LogP contribution in [0.2, 0.25) is 0 Å². The topological polar surface area (TPSA) is 39.7 Å². The lowest BCUT2D eigenvalue weighted by Crippen LogP contribution is -2.54. The van der Waals surface area contributed by atoms with E-state index in [0.29, 0.717) is 12.1 Å². The van der Waals surface area contributed by atoms with Crippen molar-refractivity contribution in [2.45, 2.75) is 44.2 Å². The molecule has 0 amide bonds. The van der Waals surface area contributed by atoms with E-state index in [1.807, 2.05) is 13.1 Å². The van der Waals surface area contributed by atoms with E-state index in [-0.39, 0.29) is 29.8 Å². The Bertz CT molecular complexity index is 533. The van der Waals surface area contributed by atoms with E-state index < -0.39 is 0 Å². The van der Waals surface area contributed by atoms with Crippen LogP contribution in [0.3, 0.4) is 0 Å². The molecule has 1 unspecified atom stereocenters. The zero-order valence-corrected chi connectivity index (χ0v) is 15.9. The van der Waals surface area contributed by atoms with Gasteiger partial charge in [-0.25, -0.2) is 4.39 Å². The highest BCUT2D eigenvalue weighted by molar-refractivity contribution is 14.0. The van der Waals surface area contributed by atoms with Crippen LogP contribution in [0.25, 0.3) is 0 Å². The minimum Gasteiger partial charge on any atom is -0.369 e. The highest BCUT2D eigenvalue weighted by Crippen LogP contribution is 2.21. The van der Waals surface area contributed by atoms with Gasteiger partial charge in [-0.2, -0.15) is 0 Å². The highest BCUT2D eigenvalue weighted by atomic mass is 127. The van der Waals surface area contributed by atoms with Gasteiger partial charge in [0.15, 0.2) is 5.96 Å². The Hall–Kier alpha value is -1.05. The van der Waals surface area contributed by atoms with Gasteiger partial charge in [-0.15, -0.1) is 24.0 Å². The van der Waals surface area contributed by atoms with Crippen LogP contribution >= 0.6 is 24.0 Å². The lowest BCUT2D eigenvalue weighted by atomic mass is 9.93. The third kappa shape index (κ3) is 4.96. The molecule has 0 bridgehead atoms. The van der Waals surface area contributed by atoms with E-state index in [1.165, 1.54) is 25.3 Å². The molecule has 0 aromatic heterocycles. The summed E-state index contributed by atoms with van der Waals surface area (Å²) in [5.74, 6) is 0.728. The quantitative estimate of drug-likeness (QED) is 0.438. The lowest BCUT2D eigenvalue weighted by molar-refractivity contribution is 0.374. The van der Waals surface area contributed by atoms with Crippen molar-refractivity contribution in [1.82, 2.24) is 10.6 Å². The molecule has 3 rings (SSSR count). The Morgan fingerprint density at radius 3 is 2.57 bits per heavy atom. The number of aliphatic imine (C=N–C) groups is 1. The standard InChI is InChI=1S/C17H25FN4.HI/c1-19-17(20-14-6-3-7-14)21-15-8-4-10-22(12-15)16-9-2-5-13(18)11-16;/h2,5,9,11,14-15H,3-4,6-8,10,12H2,1H3,(H2,19,20,21);1H. The van der Waals surface area contributed by atoms with Gasteiger partial charge in [-0.05, 0) is 50.3 Å². The van der Waals surface area contributed by atoms with E-state index in [0.717, 1.165) is 37.6 Å². The molecule has 1 atom stereocenters. The van der Waals surface area contributed by atoms with Crippen LogP contribution in [0.4, 0.5) is 10.1 Å². The second kappa shape index (κ2) is 8.70. The summed E-state index contributed by atoms with van der Waals surface area (Å²) in [5.41, 5.74) is 0.966. The Labute approximate surface area is 154 Å². The van der Waals surface area contributed by atoms with Crippen molar-refractivity contribution in [2.24, 2.45) is 4.99 Å². The summed E-state index contributed by atoms with van der Waals surface area (Å²) in [4.78, 5) is 6.58. The van der Waals surface area contributed by atoms with Crippen LogP contribution < -0.4 is 15.5 Å². The third-order valence-corrected chi connectivity index (χ3v) is 4.61. The maximum Gasteiger partial charge on any atom is 0.191 e. The van der Waals surface area contributed by atoms with Gasteiger partial charge >= 0.3 is 0 Å². The normalized spacial score (nSPS) is 22.1. The number of hydrogen-bond acceptors (Lipinski definition) is 2. The highest BCUT2D eigenvalue weighted by Gasteiger charge is 2.23. The summed E-state index contributed by atoms with van der Waals surface area (Å²) in [7, 11) is 1.82. The Morgan fingerprint density at radius 2 is 1.91 bits per heavy atom. The molecule has 1 aromatic carbocycles. The lowest BCUT2D eigenvalue weighted by Gasteiger charge is -2.36. The molecule has 1 aromatic rings. The molecule has 6 heteroatoms. The molecule has 128 valence electrons. The first-order valence-corrected chi connectivity index (χ1v) is 8.25. The molecule has 0 radical (unpaired) electrons. The summed E-state index contributed by atoms with van der Waals surface area (Å²) in [5, 5.41) is 7.00. The van der Waals surface area contributed by atoms with Gasteiger partial charge in [0.1, 0.15) is 5.82 Å². The molecule has 1 aliphatic heterocycles. The molecule has 0 spiro atoms. The smallest absolute Gasteiger partial charge is 0.191 e. The van der Waals surface area contributed by atoms with Crippen LogP contribution in [0.15, 0.2) is 29.3 Å². The van der Waals surface area contributed by atoms with Gasteiger partial charge in [0.2, 0.25) is 0 Å². The Kier molecular flexibility index (Phi) is 6.92. The molecule has 2 fully saturated rings. The Morgan fingerprint density at radius 1 is 1.17 bits per heavy atom. The van der Waals surface area contributed by atoms with E-state index >= 15 is 0 Å². The number of halogens is 2. The largest absolute Gasteiger partial charge is 0.369 e. The number of benzene rings is 1. The van der Waals surface area contributed by atoms with Crippen LogP contribution in [-0.2, 0) is 0 Å². The van der Waals surface area contributed by atoms with Gasteiger partial charge in [0.05, 0.1) is 0 Å². The van der Waals surface area contributed by atoms with Crippen LogP contribution in [-0.4, -0.2) is 38.2 Å². The van der Waals surface area contributed by atoms with Crippen molar-refractivity contribution >= 4 is 35.6 Å². The van der Waals surface area contributed by atoms with Crippen LogP contribution in [0.5, 0.6) is 0 Å². The number of piperidine rings is 1. The molecule has 1 heterocycles. The summed E-state index contributed by atoms with van der Waals surface area (Å²) < 4.78 is 13.4. The maximum absolute atomic E-state index is 13.4. The first-order chi connectivity index (χ1) is 10.7. The number of rotatable bonds is 3. The van der Waals surface area contributed by atoms with Crippen molar-refractivity contribution in [1.29, 1.82) is 0 Å². The molecular formula is C17H26FIN4. The van der Waals surface area contributed by atoms with Gasteiger partial charge < -0.3 is 15.5 Å². The Balaban J connectivity index is 0.00000192. The average molecular weight is 432 g/mol. The average Bonchev–Trinajstić information content (AvgIpc) is 2.50. The first kappa shape index (κ1) is 18.3. The number of nitrogens with zero attached hydrogens (tertiary/aromatic N) is 2. The summed E-state index contributed by atoms with van der Waals surface area (Å²) in [6, 6.07) is 7.79. The maximum atomic E-state index is 13.4. The molecule has 2 aliphatic rings. The zero-order valence-electron chi connectivity index (χ0n) is 13.6. The zero-order chi connectivity index (χ0) is 15.4. The van der Waals surface area contributed by atoms with E-state index in [1.54, 1.807) is 12.1 Å². The van der Waals surface area contributed by atoms with Gasteiger partial charge in [-0.3, -0.25) is 4.99 Å². The van der Waals surface area contributed by atoms with Crippen molar-refractivity contribution in [2.75, 3.05) is 25.0 Å². The molecular weight excluding hydrogens is 406 g/mol. The van der Waals surface area contributed by atoms with E-state index in [2.05, 4.69) is 20.5 Å². The van der Waals surface area contributed by atoms with Crippen molar-refractivity contribution < 1.29 is 4.39 Å². The predicted molar refractivity (Wildman–Crippen MR) is 104 cm³/mol. The molecule has 1 saturated heterocycles.